The molecule has 3 aromatic rings. The Morgan fingerprint density at radius 1 is 0.929 bits per heavy atom. The Bertz CT molecular complexity index is 1480. The fourth-order valence-corrected chi connectivity index (χ4v) is 6.07. The van der Waals surface area contributed by atoms with Gasteiger partial charge in [-0.05, 0) is 88.2 Å². The van der Waals surface area contributed by atoms with E-state index in [1.54, 1.807) is 67.6 Å². The zero-order chi connectivity index (χ0) is 31.1. The molecule has 0 saturated carbocycles. The first-order chi connectivity index (χ1) is 19.8. The van der Waals surface area contributed by atoms with Crippen LogP contribution in [-0.2, 0) is 26.2 Å². The Balaban J connectivity index is 2.05. The van der Waals surface area contributed by atoms with Crippen molar-refractivity contribution in [1.82, 2.24) is 10.2 Å². The van der Waals surface area contributed by atoms with Crippen molar-refractivity contribution in [3.8, 4) is 5.75 Å². The van der Waals surface area contributed by atoms with Gasteiger partial charge < -0.3 is 15.0 Å². The highest BCUT2D eigenvalue weighted by molar-refractivity contribution is 7.92. The summed E-state index contributed by atoms with van der Waals surface area (Å²) >= 11 is 12.4. The Hall–Kier alpha value is -3.27. The summed E-state index contributed by atoms with van der Waals surface area (Å²) in [6.45, 7) is 9.09. The molecular formula is C31H37Cl2N3O5S. The third-order valence-corrected chi connectivity index (χ3v) is 8.79. The molecule has 0 aliphatic carbocycles. The molecule has 42 heavy (non-hydrogen) atoms. The number of nitrogens with one attached hydrogen (secondary N) is 1. The predicted octanol–water partition coefficient (Wildman–Crippen LogP) is 6.31. The van der Waals surface area contributed by atoms with E-state index in [2.05, 4.69) is 5.32 Å². The summed E-state index contributed by atoms with van der Waals surface area (Å²) in [5.41, 5.74) is 0.400. The van der Waals surface area contributed by atoms with Crippen molar-refractivity contribution in [3.63, 3.8) is 0 Å². The lowest BCUT2D eigenvalue weighted by Gasteiger charge is -2.34. The Morgan fingerprint density at radius 2 is 1.57 bits per heavy atom. The normalized spacial score (nSPS) is 12.4. The SMILES string of the molecule is CCOc1ccc(S(=O)(=O)N(CC(=O)N(Cc2ccc(Cl)c(Cl)c2)[C@H](CC)C(=O)NC(C)(C)C)c2ccccc2)cc1. The number of nitrogens with zero attached hydrogens (tertiary/aromatic N) is 2. The molecule has 3 rings (SSSR count). The number of sulfonamides is 1. The number of carbonyl (C=O) groups excluding carboxylic acids is 2. The van der Waals surface area contributed by atoms with Crippen LogP contribution in [0.4, 0.5) is 5.69 Å². The first kappa shape index (κ1) is 33.2. The van der Waals surface area contributed by atoms with Crippen LogP contribution in [0.25, 0.3) is 0 Å². The molecule has 0 bridgehead atoms. The first-order valence-corrected chi connectivity index (χ1v) is 15.8. The number of halogens is 2. The van der Waals surface area contributed by atoms with Gasteiger partial charge in [-0.25, -0.2) is 8.42 Å². The molecule has 0 radical (unpaired) electrons. The summed E-state index contributed by atoms with van der Waals surface area (Å²) in [5, 5.41) is 3.60. The second kappa shape index (κ2) is 14.3. The fourth-order valence-electron chi connectivity index (χ4n) is 4.33. The van der Waals surface area contributed by atoms with Gasteiger partial charge in [0.15, 0.2) is 0 Å². The molecule has 0 aliphatic heterocycles. The van der Waals surface area contributed by atoms with Crippen molar-refractivity contribution in [2.45, 2.75) is 64.1 Å². The third kappa shape index (κ3) is 8.63. The summed E-state index contributed by atoms with van der Waals surface area (Å²) in [6.07, 6.45) is 0.298. The van der Waals surface area contributed by atoms with Gasteiger partial charge in [0.1, 0.15) is 18.3 Å². The summed E-state index contributed by atoms with van der Waals surface area (Å²) in [5.74, 6) is -0.378. The van der Waals surface area contributed by atoms with Crippen molar-refractivity contribution in [3.05, 3.63) is 88.4 Å². The highest BCUT2D eigenvalue weighted by Crippen LogP contribution is 2.27. The van der Waals surface area contributed by atoms with Crippen molar-refractivity contribution < 1.29 is 22.7 Å². The van der Waals surface area contributed by atoms with Crippen molar-refractivity contribution in [2.75, 3.05) is 17.5 Å². The van der Waals surface area contributed by atoms with Crippen molar-refractivity contribution >= 4 is 50.7 Å². The average molecular weight is 635 g/mol. The molecule has 0 saturated heterocycles. The molecule has 0 aliphatic rings. The lowest BCUT2D eigenvalue weighted by Crippen LogP contribution is -2.55. The maximum atomic E-state index is 14.1. The molecule has 1 atom stereocenters. The van der Waals surface area contributed by atoms with Crippen LogP contribution in [0.2, 0.25) is 10.0 Å². The molecule has 0 aromatic heterocycles. The summed E-state index contributed by atoms with van der Waals surface area (Å²) in [6, 6.07) is 18.5. The summed E-state index contributed by atoms with van der Waals surface area (Å²) in [4.78, 5) is 28.9. The van der Waals surface area contributed by atoms with Gasteiger partial charge in [0.05, 0.1) is 27.2 Å². The van der Waals surface area contributed by atoms with Gasteiger partial charge in [-0.1, -0.05) is 54.4 Å². The second-order valence-corrected chi connectivity index (χ2v) is 13.4. The van der Waals surface area contributed by atoms with Gasteiger partial charge in [0, 0.05) is 12.1 Å². The number of para-hydroxylation sites is 1. The molecule has 3 aromatic carbocycles. The summed E-state index contributed by atoms with van der Waals surface area (Å²) < 4.78 is 34.4. The van der Waals surface area contributed by atoms with E-state index in [1.807, 2.05) is 27.7 Å². The number of anilines is 1. The first-order valence-electron chi connectivity index (χ1n) is 13.6. The van der Waals surface area contributed by atoms with Gasteiger partial charge in [-0.2, -0.15) is 0 Å². The molecule has 2 amide bonds. The number of hydrogen-bond donors (Lipinski definition) is 1. The predicted molar refractivity (Wildman–Crippen MR) is 168 cm³/mol. The lowest BCUT2D eigenvalue weighted by molar-refractivity contribution is -0.141. The molecular weight excluding hydrogens is 597 g/mol. The molecule has 0 fully saturated rings. The zero-order valence-electron chi connectivity index (χ0n) is 24.4. The molecule has 226 valence electrons. The lowest BCUT2D eigenvalue weighted by atomic mass is 10.1. The highest BCUT2D eigenvalue weighted by atomic mass is 35.5. The quantitative estimate of drug-likeness (QED) is 0.252. The second-order valence-electron chi connectivity index (χ2n) is 10.7. The van der Waals surface area contributed by atoms with Crippen LogP contribution in [0.15, 0.2) is 77.7 Å². The van der Waals surface area contributed by atoms with Crippen molar-refractivity contribution in [1.29, 1.82) is 0 Å². The Labute approximate surface area is 258 Å². The third-order valence-electron chi connectivity index (χ3n) is 6.27. The molecule has 0 unspecified atom stereocenters. The average Bonchev–Trinajstić information content (AvgIpc) is 2.93. The topological polar surface area (TPSA) is 96.0 Å². The smallest absolute Gasteiger partial charge is 0.264 e. The monoisotopic (exact) mass is 633 g/mol. The Kier molecular flexibility index (Phi) is 11.3. The van der Waals surface area contributed by atoms with Crippen LogP contribution < -0.4 is 14.4 Å². The van der Waals surface area contributed by atoms with Crippen LogP contribution in [-0.4, -0.2) is 49.9 Å². The van der Waals surface area contributed by atoms with Gasteiger partial charge >= 0.3 is 0 Å². The zero-order valence-corrected chi connectivity index (χ0v) is 26.8. The number of rotatable bonds is 12. The van der Waals surface area contributed by atoms with Crippen LogP contribution in [0.3, 0.4) is 0 Å². The largest absolute Gasteiger partial charge is 0.494 e. The van der Waals surface area contributed by atoms with Crippen molar-refractivity contribution in [2.24, 2.45) is 0 Å². The number of amides is 2. The minimum absolute atomic E-state index is 0.00356. The standard InChI is InChI=1S/C31H37Cl2N3O5S/c1-6-28(30(38)34-31(3,4)5)35(20-22-13-18-26(32)27(33)19-22)29(37)21-36(23-11-9-8-10-12-23)42(39,40)25-16-14-24(15-17-25)41-7-2/h8-19,28H,6-7,20-21H2,1-5H3,(H,34,38)/t28-/m1/s1. The molecule has 11 heteroatoms. The molecule has 8 nitrogen and oxygen atoms in total. The number of hydrogen-bond acceptors (Lipinski definition) is 5. The molecule has 0 heterocycles. The van der Waals surface area contributed by atoms with E-state index >= 15 is 0 Å². The van der Waals surface area contributed by atoms with Gasteiger partial charge in [0.2, 0.25) is 11.8 Å². The van der Waals surface area contributed by atoms with Gasteiger partial charge in [0.25, 0.3) is 10.0 Å². The van der Waals surface area contributed by atoms with E-state index in [-0.39, 0.29) is 17.3 Å². The van der Waals surface area contributed by atoms with Gasteiger partial charge in [-0.3, -0.25) is 13.9 Å². The van der Waals surface area contributed by atoms with E-state index < -0.39 is 34.1 Å². The van der Waals surface area contributed by atoms with E-state index in [9.17, 15) is 18.0 Å². The number of benzene rings is 3. The summed E-state index contributed by atoms with van der Waals surface area (Å²) in [7, 11) is -4.19. The molecule has 0 spiro atoms. The maximum absolute atomic E-state index is 14.1. The van der Waals surface area contributed by atoms with Crippen LogP contribution in [0.5, 0.6) is 5.75 Å². The van der Waals surface area contributed by atoms with E-state index in [4.69, 9.17) is 27.9 Å². The minimum atomic E-state index is -4.19. The van der Waals surface area contributed by atoms with Crippen LogP contribution in [0.1, 0.15) is 46.6 Å². The minimum Gasteiger partial charge on any atom is -0.494 e. The Morgan fingerprint density at radius 3 is 2.12 bits per heavy atom. The number of ether oxygens (including phenoxy) is 1. The van der Waals surface area contributed by atoms with Crippen LogP contribution >= 0.6 is 23.2 Å². The maximum Gasteiger partial charge on any atom is 0.264 e. The number of carbonyl (C=O) groups is 2. The van der Waals surface area contributed by atoms with E-state index in [0.29, 0.717) is 40.1 Å². The highest BCUT2D eigenvalue weighted by Gasteiger charge is 2.34. The van der Waals surface area contributed by atoms with E-state index in [1.165, 1.54) is 17.0 Å². The molecule has 1 N–H and O–H groups in total. The van der Waals surface area contributed by atoms with E-state index in [0.717, 1.165) is 4.31 Å². The fraction of sp³-hybridized carbons (Fsp3) is 0.355. The van der Waals surface area contributed by atoms with Crippen LogP contribution in [0, 0.1) is 0 Å². The van der Waals surface area contributed by atoms with Gasteiger partial charge in [-0.15, -0.1) is 0 Å².